The van der Waals surface area contributed by atoms with Crippen LogP contribution in [0.15, 0.2) is 41.8 Å². The van der Waals surface area contributed by atoms with Crippen LogP contribution in [0.2, 0.25) is 0 Å². The zero-order valence-electron chi connectivity index (χ0n) is 12.6. The molecule has 112 valence electrons. The Labute approximate surface area is 130 Å². The van der Waals surface area contributed by atoms with Crippen molar-refractivity contribution < 1.29 is 4.79 Å². The first-order valence-corrected chi connectivity index (χ1v) is 8.13. The van der Waals surface area contributed by atoms with Gasteiger partial charge < -0.3 is 5.32 Å². The van der Waals surface area contributed by atoms with E-state index >= 15 is 0 Å². The number of likely N-dealkylation sites (N-methyl/N-ethyl adjacent to an activating group) is 1. The number of rotatable bonds is 7. The molecule has 0 atom stereocenters. The number of benzene rings is 1. The van der Waals surface area contributed by atoms with Crippen LogP contribution in [0.4, 0.5) is 0 Å². The van der Waals surface area contributed by atoms with E-state index in [0.717, 1.165) is 13.1 Å². The third kappa shape index (κ3) is 4.99. The summed E-state index contributed by atoms with van der Waals surface area (Å²) in [5, 5.41) is 5.01. The fraction of sp³-hybridized carbons (Fsp3) is 0.353. The molecule has 2 rings (SSSR count). The van der Waals surface area contributed by atoms with Crippen LogP contribution in [0.1, 0.15) is 22.9 Å². The van der Waals surface area contributed by atoms with E-state index in [9.17, 15) is 4.79 Å². The highest BCUT2D eigenvalue weighted by molar-refractivity contribution is 7.09. The summed E-state index contributed by atoms with van der Waals surface area (Å²) in [7, 11) is 0. The number of hydrogen-bond acceptors (Lipinski definition) is 3. The molecular formula is C17H22N2OS. The Morgan fingerprint density at radius 3 is 2.71 bits per heavy atom. The first-order chi connectivity index (χ1) is 10.2. The minimum atomic E-state index is 0.0823. The molecule has 0 aliphatic carbocycles. The number of nitrogens with zero attached hydrogens (tertiary/aromatic N) is 1. The Balaban J connectivity index is 1.84. The molecule has 0 bridgehead atoms. The van der Waals surface area contributed by atoms with Gasteiger partial charge in [-0.25, -0.2) is 0 Å². The van der Waals surface area contributed by atoms with E-state index in [-0.39, 0.29) is 5.91 Å². The van der Waals surface area contributed by atoms with Gasteiger partial charge in [0.05, 0.1) is 13.1 Å². The first kappa shape index (κ1) is 15.7. The van der Waals surface area contributed by atoms with E-state index in [1.807, 2.05) is 29.6 Å². The minimum Gasteiger partial charge on any atom is -0.350 e. The summed E-state index contributed by atoms with van der Waals surface area (Å²) in [6.07, 6.45) is 0. The molecule has 2 aromatic rings. The van der Waals surface area contributed by atoms with Gasteiger partial charge in [0.2, 0.25) is 5.91 Å². The van der Waals surface area contributed by atoms with Crippen LogP contribution < -0.4 is 5.32 Å². The Morgan fingerprint density at radius 1 is 1.24 bits per heavy atom. The molecule has 0 spiro atoms. The maximum Gasteiger partial charge on any atom is 0.234 e. The molecule has 0 radical (unpaired) electrons. The quantitative estimate of drug-likeness (QED) is 0.852. The van der Waals surface area contributed by atoms with Crippen molar-refractivity contribution in [3.05, 3.63) is 57.8 Å². The maximum atomic E-state index is 12.0. The van der Waals surface area contributed by atoms with Crippen molar-refractivity contribution in [1.82, 2.24) is 10.2 Å². The SMILES string of the molecule is CCN(CC(=O)NCc1cccs1)Cc1ccccc1C. The molecule has 4 heteroatoms. The van der Waals surface area contributed by atoms with Crippen molar-refractivity contribution in [3.63, 3.8) is 0 Å². The van der Waals surface area contributed by atoms with E-state index in [1.54, 1.807) is 11.3 Å². The molecule has 1 aromatic carbocycles. The number of amides is 1. The normalized spacial score (nSPS) is 10.8. The van der Waals surface area contributed by atoms with E-state index in [0.29, 0.717) is 13.1 Å². The number of carbonyl (C=O) groups excluding carboxylic acids is 1. The predicted molar refractivity (Wildman–Crippen MR) is 88.3 cm³/mol. The van der Waals surface area contributed by atoms with Gasteiger partial charge in [-0.2, -0.15) is 0 Å². The van der Waals surface area contributed by atoms with Crippen molar-refractivity contribution in [2.45, 2.75) is 26.9 Å². The average molecular weight is 302 g/mol. The minimum absolute atomic E-state index is 0.0823. The van der Waals surface area contributed by atoms with Gasteiger partial charge in [0.25, 0.3) is 0 Å². The number of hydrogen-bond donors (Lipinski definition) is 1. The Kier molecular flexibility index (Phi) is 5.96. The van der Waals surface area contributed by atoms with Crippen LogP contribution in [-0.4, -0.2) is 23.9 Å². The largest absolute Gasteiger partial charge is 0.350 e. The molecule has 1 N–H and O–H groups in total. The highest BCUT2D eigenvalue weighted by Crippen LogP contribution is 2.10. The molecule has 0 aliphatic heterocycles. The van der Waals surface area contributed by atoms with Gasteiger partial charge in [-0.3, -0.25) is 9.69 Å². The van der Waals surface area contributed by atoms with E-state index < -0.39 is 0 Å². The van der Waals surface area contributed by atoms with Crippen molar-refractivity contribution in [2.75, 3.05) is 13.1 Å². The smallest absolute Gasteiger partial charge is 0.234 e. The monoisotopic (exact) mass is 302 g/mol. The van der Waals surface area contributed by atoms with Gasteiger partial charge in [-0.1, -0.05) is 37.3 Å². The van der Waals surface area contributed by atoms with E-state index in [2.05, 4.69) is 36.2 Å². The molecule has 1 aromatic heterocycles. The van der Waals surface area contributed by atoms with Crippen molar-refractivity contribution in [2.24, 2.45) is 0 Å². The molecule has 21 heavy (non-hydrogen) atoms. The van der Waals surface area contributed by atoms with Crippen LogP contribution in [-0.2, 0) is 17.9 Å². The Bertz CT molecular complexity index is 566. The molecule has 0 unspecified atom stereocenters. The average Bonchev–Trinajstić information content (AvgIpc) is 3.00. The van der Waals surface area contributed by atoms with Crippen molar-refractivity contribution in [3.8, 4) is 0 Å². The summed E-state index contributed by atoms with van der Waals surface area (Å²) in [6.45, 7) is 6.94. The number of carbonyl (C=O) groups is 1. The summed E-state index contributed by atoms with van der Waals surface area (Å²) in [6, 6.07) is 12.4. The van der Waals surface area contributed by atoms with Crippen molar-refractivity contribution in [1.29, 1.82) is 0 Å². The van der Waals surface area contributed by atoms with Gasteiger partial charge in [0.15, 0.2) is 0 Å². The molecule has 0 aliphatic rings. The summed E-state index contributed by atoms with van der Waals surface area (Å²) >= 11 is 1.67. The number of thiophene rings is 1. The number of nitrogens with one attached hydrogen (secondary N) is 1. The lowest BCUT2D eigenvalue weighted by Gasteiger charge is -2.20. The maximum absolute atomic E-state index is 12.0. The van der Waals surface area contributed by atoms with Crippen LogP contribution in [0.25, 0.3) is 0 Å². The van der Waals surface area contributed by atoms with Crippen LogP contribution in [0.5, 0.6) is 0 Å². The Hall–Kier alpha value is -1.65. The van der Waals surface area contributed by atoms with Crippen LogP contribution in [0, 0.1) is 6.92 Å². The second kappa shape index (κ2) is 7.96. The standard InChI is InChI=1S/C17H22N2OS/c1-3-19(12-15-8-5-4-7-14(15)2)13-17(20)18-11-16-9-6-10-21-16/h4-10H,3,11-13H2,1-2H3,(H,18,20). The van der Waals surface area contributed by atoms with Gasteiger partial charge in [-0.05, 0) is 36.0 Å². The van der Waals surface area contributed by atoms with Crippen LogP contribution in [0.3, 0.4) is 0 Å². The zero-order chi connectivity index (χ0) is 15.1. The first-order valence-electron chi connectivity index (χ1n) is 7.25. The predicted octanol–water partition coefficient (Wildman–Crippen LogP) is 3.19. The lowest BCUT2D eigenvalue weighted by Crippen LogP contribution is -2.36. The van der Waals surface area contributed by atoms with Crippen molar-refractivity contribution >= 4 is 17.2 Å². The second-order valence-electron chi connectivity index (χ2n) is 5.09. The highest BCUT2D eigenvalue weighted by atomic mass is 32.1. The van der Waals surface area contributed by atoms with Gasteiger partial charge in [-0.15, -0.1) is 11.3 Å². The summed E-state index contributed by atoms with van der Waals surface area (Å²) in [5.74, 6) is 0.0823. The molecule has 3 nitrogen and oxygen atoms in total. The van der Waals surface area contributed by atoms with Gasteiger partial charge in [0.1, 0.15) is 0 Å². The highest BCUT2D eigenvalue weighted by Gasteiger charge is 2.10. The Morgan fingerprint density at radius 2 is 2.05 bits per heavy atom. The molecular weight excluding hydrogens is 280 g/mol. The molecule has 0 saturated heterocycles. The van der Waals surface area contributed by atoms with Gasteiger partial charge >= 0.3 is 0 Å². The molecule has 0 saturated carbocycles. The fourth-order valence-corrected chi connectivity index (χ4v) is 2.81. The fourth-order valence-electron chi connectivity index (χ4n) is 2.17. The van der Waals surface area contributed by atoms with E-state index in [1.165, 1.54) is 16.0 Å². The lowest BCUT2D eigenvalue weighted by molar-refractivity contribution is -0.122. The third-order valence-electron chi connectivity index (χ3n) is 3.51. The van der Waals surface area contributed by atoms with Gasteiger partial charge in [0, 0.05) is 11.4 Å². The topological polar surface area (TPSA) is 32.3 Å². The molecule has 1 amide bonds. The second-order valence-corrected chi connectivity index (χ2v) is 6.12. The zero-order valence-corrected chi connectivity index (χ0v) is 13.5. The molecule has 1 heterocycles. The number of aryl methyl sites for hydroxylation is 1. The third-order valence-corrected chi connectivity index (χ3v) is 4.39. The van der Waals surface area contributed by atoms with E-state index in [4.69, 9.17) is 0 Å². The molecule has 0 fully saturated rings. The summed E-state index contributed by atoms with van der Waals surface area (Å²) < 4.78 is 0. The van der Waals surface area contributed by atoms with Crippen LogP contribution >= 0.6 is 11.3 Å². The summed E-state index contributed by atoms with van der Waals surface area (Å²) in [5.41, 5.74) is 2.56. The summed E-state index contributed by atoms with van der Waals surface area (Å²) in [4.78, 5) is 15.4. The lowest BCUT2D eigenvalue weighted by atomic mass is 10.1.